The van der Waals surface area contributed by atoms with Crippen molar-refractivity contribution in [2.75, 3.05) is 39.1 Å². The molecule has 7 heteroatoms. The minimum atomic E-state index is -0.459. The molecule has 0 aromatic heterocycles. The maximum absolute atomic E-state index is 12.4. The van der Waals surface area contributed by atoms with Gasteiger partial charge in [0.05, 0.1) is 5.54 Å². The van der Waals surface area contributed by atoms with Gasteiger partial charge in [-0.25, -0.2) is 0 Å². The topological polar surface area (TPSA) is 53.6 Å². The average molecular weight is 378 g/mol. The van der Waals surface area contributed by atoms with Gasteiger partial charge in [0.25, 0.3) is 0 Å². The normalized spacial score (nSPS) is 19.8. The Labute approximate surface area is 157 Å². The summed E-state index contributed by atoms with van der Waals surface area (Å²) in [5.41, 5.74) is 0.345. The molecule has 2 N–H and O–H groups in total. The lowest BCUT2D eigenvalue weighted by atomic mass is 9.90. The van der Waals surface area contributed by atoms with Crippen molar-refractivity contribution < 1.29 is 9.53 Å². The number of benzene rings is 1. The van der Waals surface area contributed by atoms with E-state index in [0.717, 1.165) is 43.8 Å². The number of amides is 1. The van der Waals surface area contributed by atoms with E-state index in [1.54, 1.807) is 0 Å². The second-order valence-corrected chi connectivity index (χ2v) is 6.35. The fourth-order valence-electron chi connectivity index (χ4n) is 2.50. The minimum Gasteiger partial charge on any atom is -0.492 e. The highest BCUT2D eigenvalue weighted by Gasteiger charge is 2.34. The summed E-state index contributed by atoms with van der Waals surface area (Å²) < 4.78 is 5.65. The number of nitrogens with one attached hydrogen (secondary N) is 2. The second kappa shape index (κ2) is 10.8. The van der Waals surface area contributed by atoms with Crippen molar-refractivity contribution in [3.8, 4) is 5.75 Å². The van der Waals surface area contributed by atoms with Crippen molar-refractivity contribution in [3.05, 3.63) is 24.3 Å². The molecule has 138 valence electrons. The third-order valence-corrected chi connectivity index (χ3v) is 4.04. The van der Waals surface area contributed by atoms with Crippen molar-refractivity contribution in [2.24, 2.45) is 0 Å². The van der Waals surface area contributed by atoms with Gasteiger partial charge in [-0.05, 0) is 71.1 Å². The number of carbonyl (C=O) groups excluding carboxylic acids is 1. The van der Waals surface area contributed by atoms with Crippen LogP contribution in [0.2, 0.25) is 0 Å². The molecule has 0 saturated carbocycles. The smallest absolute Gasteiger partial charge is 0.244 e. The first-order valence-corrected chi connectivity index (χ1v) is 7.94. The molecular formula is C17H29Cl2N3O2. The fourth-order valence-corrected chi connectivity index (χ4v) is 2.50. The quantitative estimate of drug-likeness (QED) is 0.799. The first kappa shape index (κ1) is 23.0. The predicted octanol–water partition coefficient (Wildman–Crippen LogP) is 2.94. The standard InChI is InChI=1S/C17H27N3O2.2ClH/c1-17(10-4-5-11-18-17)16(21)19-14-6-8-15(9-7-14)22-13-12-20(2)3;;/h6-9,18H,4-5,10-13H2,1-3H3,(H,19,21);2*1H. The Morgan fingerprint density at radius 2 is 1.92 bits per heavy atom. The number of rotatable bonds is 6. The lowest BCUT2D eigenvalue weighted by molar-refractivity contribution is -0.122. The molecular weight excluding hydrogens is 349 g/mol. The number of piperidine rings is 1. The number of nitrogens with zero attached hydrogens (tertiary/aromatic N) is 1. The Morgan fingerprint density at radius 1 is 1.25 bits per heavy atom. The number of likely N-dealkylation sites (N-methyl/N-ethyl adjacent to an activating group) is 1. The van der Waals surface area contributed by atoms with Crippen LogP contribution >= 0.6 is 24.8 Å². The summed E-state index contributed by atoms with van der Waals surface area (Å²) in [5.74, 6) is 0.857. The van der Waals surface area contributed by atoms with Crippen LogP contribution in [0.4, 0.5) is 5.69 Å². The number of hydrogen-bond acceptors (Lipinski definition) is 4. The molecule has 1 aromatic carbocycles. The van der Waals surface area contributed by atoms with Gasteiger partial charge in [0.15, 0.2) is 0 Å². The van der Waals surface area contributed by atoms with E-state index < -0.39 is 5.54 Å². The molecule has 5 nitrogen and oxygen atoms in total. The highest BCUT2D eigenvalue weighted by atomic mass is 35.5. The van der Waals surface area contributed by atoms with Crippen molar-refractivity contribution in [1.82, 2.24) is 10.2 Å². The molecule has 1 heterocycles. The van der Waals surface area contributed by atoms with Crippen LogP contribution in [-0.2, 0) is 4.79 Å². The maximum Gasteiger partial charge on any atom is 0.244 e. The second-order valence-electron chi connectivity index (χ2n) is 6.35. The van der Waals surface area contributed by atoms with Crippen LogP contribution in [0.15, 0.2) is 24.3 Å². The Morgan fingerprint density at radius 3 is 2.46 bits per heavy atom. The van der Waals surface area contributed by atoms with Crippen LogP contribution in [0.25, 0.3) is 0 Å². The monoisotopic (exact) mass is 377 g/mol. The van der Waals surface area contributed by atoms with Gasteiger partial charge in [-0.1, -0.05) is 0 Å². The molecule has 1 aliphatic rings. The lowest BCUT2D eigenvalue weighted by Crippen LogP contribution is -2.54. The first-order valence-electron chi connectivity index (χ1n) is 7.94. The number of ether oxygens (including phenoxy) is 1. The summed E-state index contributed by atoms with van der Waals surface area (Å²) in [5, 5.41) is 6.31. The highest BCUT2D eigenvalue weighted by molar-refractivity contribution is 5.97. The molecule has 1 atom stereocenters. The number of anilines is 1. The average Bonchev–Trinajstić information content (AvgIpc) is 2.49. The van der Waals surface area contributed by atoms with E-state index >= 15 is 0 Å². The highest BCUT2D eigenvalue weighted by Crippen LogP contribution is 2.22. The van der Waals surface area contributed by atoms with Gasteiger partial charge in [0.1, 0.15) is 12.4 Å². The van der Waals surface area contributed by atoms with E-state index in [4.69, 9.17) is 4.74 Å². The van der Waals surface area contributed by atoms with Crippen LogP contribution < -0.4 is 15.4 Å². The zero-order valence-corrected chi connectivity index (χ0v) is 16.3. The third kappa shape index (κ3) is 6.85. The van der Waals surface area contributed by atoms with E-state index in [9.17, 15) is 4.79 Å². The molecule has 1 fully saturated rings. The van der Waals surface area contributed by atoms with E-state index in [1.807, 2.05) is 45.3 Å². The Hall–Kier alpha value is -1.01. The van der Waals surface area contributed by atoms with Crippen LogP contribution in [0.3, 0.4) is 0 Å². The molecule has 1 unspecified atom stereocenters. The van der Waals surface area contributed by atoms with Gasteiger partial charge < -0.3 is 20.3 Å². The largest absolute Gasteiger partial charge is 0.492 e. The van der Waals surface area contributed by atoms with E-state index in [0.29, 0.717) is 6.61 Å². The van der Waals surface area contributed by atoms with Crippen LogP contribution in [0, 0.1) is 0 Å². The third-order valence-electron chi connectivity index (χ3n) is 4.04. The Kier molecular flexibility index (Phi) is 10.3. The minimum absolute atomic E-state index is 0. The summed E-state index contributed by atoms with van der Waals surface area (Å²) >= 11 is 0. The van der Waals surface area contributed by atoms with Crippen LogP contribution in [0.1, 0.15) is 26.2 Å². The van der Waals surface area contributed by atoms with Gasteiger partial charge in [-0.3, -0.25) is 4.79 Å². The molecule has 0 radical (unpaired) electrons. The summed E-state index contributed by atoms with van der Waals surface area (Å²) in [6, 6.07) is 7.55. The molecule has 1 saturated heterocycles. The van der Waals surface area contributed by atoms with Crippen molar-refractivity contribution in [2.45, 2.75) is 31.7 Å². The Bertz CT molecular complexity index is 489. The van der Waals surface area contributed by atoms with Crippen LogP contribution in [0.5, 0.6) is 5.75 Å². The van der Waals surface area contributed by atoms with E-state index in [-0.39, 0.29) is 30.7 Å². The molecule has 1 aromatic rings. The van der Waals surface area contributed by atoms with Crippen molar-refractivity contribution >= 4 is 36.4 Å². The number of halogens is 2. The molecule has 1 amide bonds. The summed E-state index contributed by atoms with van der Waals surface area (Å²) in [4.78, 5) is 14.5. The molecule has 2 rings (SSSR count). The predicted molar refractivity (Wildman–Crippen MR) is 104 cm³/mol. The van der Waals surface area contributed by atoms with Crippen molar-refractivity contribution in [1.29, 1.82) is 0 Å². The molecule has 24 heavy (non-hydrogen) atoms. The first-order chi connectivity index (χ1) is 10.5. The van der Waals surface area contributed by atoms with Gasteiger partial charge in [-0.15, -0.1) is 24.8 Å². The lowest BCUT2D eigenvalue weighted by Gasteiger charge is -2.33. The van der Waals surface area contributed by atoms with E-state index in [1.165, 1.54) is 0 Å². The van der Waals surface area contributed by atoms with Gasteiger partial charge >= 0.3 is 0 Å². The van der Waals surface area contributed by atoms with Gasteiger partial charge in [-0.2, -0.15) is 0 Å². The van der Waals surface area contributed by atoms with Gasteiger partial charge in [0.2, 0.25) is 5.91 Å². The maximum atomic E-state index is 12.4. The molecule has 0 bridgehead atoms. The molecule has 0 spiro atoms. The van der Waals surface area contributed by atoms with Crippen LogP contribution in [-0.4, -0.2) is 50.1 Å². The zero-order valence-electron chi connectivity index (χ0n) is 14.6. The summed E-state index contributed by atoms with van der Waals surface area (Å²) in [6.07, 6.45) is 3.11. The van der Waals surface area contributed by atoms with Gasteiger partial charge in [0, 0.05) is 12.2 Å². The number of hydrogen-bond donors (Lipinski definition) is 2. The summed E-state index contributed by atoms with van der Waals surface area (Å²) in [6.45, 7) is 4.41. The molecule has 1 aliphatic heterocycles. The Balaban J connectivity index is 0.00000264. The summed E-state index contributed by atoms with van der Waals surface area (Å²) in [7, 11) is 4.03. The number of carbonyl (C=O) groups is 1. The zero-order chi connectivity index (χ0) is 16.0. The van der Waals surface area contributed by atoms with E-state index in [2.05, 4.69) is 15.5 Å². The fraction of sp³-hybridized carbons (Fsp3) is 0.588. The molecule has 0 aliphatic carbocycles. The van der Waals surface area contributed by atoms with Crippen molar-refractivity contribution in [3.63, 3.8) is 0 Å². The SMILES string of the molecule is CN(C)CCOc1ccc(NC(=O)C2(C)CCCCN2)cc1.Cl.Cl.